The Morgan fingerprint density at radius 1 is 1.15 bits per heavy atom. The number of nitrogens with one attached hydrogen (secondary N) is 1. The van der Waals surface area contributed by atoms with Crippen LogP contribution in [0.15, 0.2) is 47.4 Å². The number of sulfonamides is 1. The van der Waals surface area contributed by atoms with E-state index in [4.69, 9.17) is 16.3 Å². The molecule has 1 aliphatic heterocycles. The first-order chi connectivity index (χ1) is 12.9. The fourth-order valence-corrected chi connectivity index (χ4v) is 4.39. The summed E-state index contributed by atoms with van der Waals surface area (Å²) in [5, 5.41) is 0.515. The monoisotopic (exact) mass is 416 g/mol. The second-order valence-corrected chi connectivity index (χ2v) is 8.25. The molecule has 2 aromatic carbocycles. The van der Waals surface area contributed by atoms with Gasteiger partial charge >= 0.3 is 0 Å². The van der Waals surface area contributed by atoms with Gasteiger partial charge in [-0.15, -0.1) is 0 Å². The van der Waals surface area contributed by atoms with Crippen molar-refractivity contribution < 1.29 is 21.9 Å². The molecule has 9 heteroatoms. The van der Waals surface area contributed by atoms with E-state index in [9.17, 15) is 17.2 Å². The number of nitrogens with zero attached hydrogens (tertiary/aromatic N) is 1. The molecule has 146 valence electrons. The van der Waals surface area contributed by atoms with E-state index < -0.39 is 26.6 Å². The fourth-order valence-electron chi connectivity index (χ4n) is 3.03. The standard InChI is InChI=1S/C18H19ClF2N2O3S/c19-15-4-2-1-3-14(15)17(23-7-9-26-10-8-23)12-22-27(24,25)18-6-5-13(20)11-16(18)21/h1-6,11,17,22H,7-10,12H2. The quantitative estimate of drug-likeness (QED) is 0.786. The fraction of sp³-hybridized carbons (Fsp3) is 0.333. The highest BCUT2D eigenvalue weighted by molar-refractivity contribution is 7.89. The Morgan fingerprint density at radius 2 is 1.85 bits per heavy atom. The minimum atomic E-state index is -4.15. The van der Waals surface area contributed by atoms with Gasteiger partial charge in [0, 0.05) is 36.8 Å². The number of hydrogen-bond donors (Lipinski definition) is 1. The number of halogens is 3. The molecule has 1 fully saturated rings. The molecule has 0 spiro atoms. The van der Waals surface area contributed by atoms with Crippen LogP contribution in [0.2, 0.25) is 5.02 Å². The Balaban J connectivity index is 1.85. The van der Waals surface area contributed by atoms with E-state index in [0.717, 1.165) is 17.7 Å². The molecule has 0 aromatic heterocycles. The minimum Gasteiger partial charge on any atom is -0.379 e. The zero-order valence-corrected chi connectivity index (χ0v) is 15.9. The average Bonchev–Trinajstić information content (AvgIpc) is 2.64. The Bertz CT molecular complexity index is 905. The van der Waals surface area contributed by atoms with E-state index >= 15 is 0 Å². The Kier molecular flexibility index (Phi) is 6.44. The number of benzene rings is 2. The molecule has 5 nitrogen and oxygen atoms in total. The van der Waals surface area contributed by atoms with E-state index in [-0.39, 0.29) is 12.6 Å². The predicted molar refractivity (Wildman–Crippen MR) is 98.1 cm³/mol. The number of ether oxygens (including phenoxy) is 1. The van der Waals surface area contributed by atoms with E-state index in [1.165, 1.54) is 0 Å². The normalized spacial score (nSPS) is 17.0. The molecule has 0 radical (unpaired) electrons. The van der Waals surface area contributed by atoms with Crippen LogP contribution in [0.5, 0.6) is 0 Å². The maximum Gasteiger partial charge on any atom is 0.243 e. The second-order valence-electron chi connectivity index (χ2n) is 6.11. The van der Waals surface area contributed by atoms with Crippen molar-refractivity contribution in [2.24, 2.45) is 0 Å². The number of hydrogen-bond acceptors (Lipinski definition) is 4. The van der Waals surface area contributed by atoms with Crippen molar-refractivity contribution in [3.05, 3.63) is 64.7 Å². The van der Waals surface area contributed by atoms with Crippen molar-refractivity contribution in [3.63, 3.8) is 0 Å². The summed E-state index contributed by atoms with van der Waals surface area (Å²) in [5.74, 6) is -1.98. The van der Waals surface area contributed by atoms with E-state index in [1.807, 2.05) is 12.1 Å². The van der Waals surface area contributed by atoms with Crippen LogP contribution in [0, 0.1) is 11.6 Å². The molecule has 1 saturated heterocycles. The molecule has 0 saturated carbocycles. The molecular formula is C18H19ClF2N2O3S. The topological polar surface area (TPSA) is 58.6 Å². The second kappa shape index (κ2) is 8.62. The molecule has 27 heavy (non-hydrogen) atoms. The summed E-state index contributed by atoms with van der Waals surface area (Å²) < 4.78 is 59.8. The van der Waals surface area contributed by atoms with Crippen LogP contribution in [0.1, 0.15) is 11.6 Å². The average molecular weight is 417 g/mol. The first kappa shape index (κ1) is 20.2. The summed E-state index contributed by atoms with van der Waals surface area (Å²) in [4.78, 5) is 1.47. The van der Waals surface area contributed by atoms with Gasteiger partial charge in [0.2, 0.25) is 10.0 Å². The van der Waals surface area contributed by atoms with Gasteiger partial charge in [0.1, 0.15) is 16.5 Å². The molecule has 2 aromatic rings. The molecule has 1 atom stereocenters. The lowest BCUT2D eigenvalue weighted by atomic mass is 10.0. The van der Waals surface area contributed by atoms with Crippen molar-refractivity contribution in [1.29, 1.82) is 0 Å². The van der Waals surface area contributed by atoms with Gasteiger partial charge in [-0.05, 0) is 23.8 Å². The summed E-state index contributed by atoms with van der Waals surface area (Å²) in [7, 11) is -4.15. The van der Waals surface area contributed by atoms with Gasteiger partial charge < -0.3 is 4.74 Å². The first-order valence-corrected chi connectivity index (χ1v) is 10.3. The molecule has 1 N–H and O–H groups in total. The van der Waals surface area contributed by atoms with Gasteiger partial charge in [-0.1, -0.05) is 29.8 Å². The van der Waals surface area contributed by atoms with Crippen molar-refractivity contribution >= 4 is 21.6 Å². The number of morpholine rings is 1. The third-order valence-corrected chi connectivity index (χ3v) is 6.20. The zero-order chi connectivity index (χ0) is 19.4. The molecule has 3 rings (SSSR count). The lowest BCUT2D eigenvalue weighted by molar-refractivity contribution is 0.0172. The summed E-state index contributed by atoms with van der Waals surface area (Å²) in [6.45, 7) is 2.27. The van der Waals surface area contributed by atoms with Crippen LogP contribution < -0.4 is 4.72 Å². The van der Waals surface area contributed by atoms with Gasteiger partial charge in [-0.2, -0.15) is 0 Å². The summed E-state index contributed by atoms with van der Waals surface area (Å²) in [6.07, 6.45) is 0. The highest BCUT2D eigenvalue weighted by Crippen LogP contribution is 2.28. The van der Waals surface area contributed by atoms with Crippen LogP contribution >= 0.6 is 11.6 Å². The molecule has 1 unspecified atom stereocenters. The van der Waals surface area contributed by atoms with E-state index in [1.54, 1.807) is 12.1 Å². The Labute approximate surface area is 161 Å². The van der Waals surface area contributed by atoms with Gasteiger partial charge in [-0.3, -0.25) is 4.90 Å². The van der Waals surface area contributed by atoms with Gasteiger partial charge in [0.05, 0.1) is 13.2 Å². The molecule has 1 heterocycles. The van der Waals surface area contributed by atoms with E-state index in [2.05, 4.69) is 9.62 Å². The van der Waals surface area contributed by atoms with Crippen molar-refractivity contribution in [2.45, 2.75) is 10.9 Å². The molecular weight excluding hydrogens is 398 g/mol. The SMILES string of the molecule is O=S(=O)(NCC(c1ccccc1Cl)N1CCOCC1)c1ccc(F)cc1F. The third-order valence-electron chi connectivity index (χ3n) is 4.40. The first-order valence-electron chi connectivity index (χ1n) is 8.39. The van der Waals surface area contributed by atoms with Gasteiger partial charge in [0.25, 0.3) is 0 Å². The van der Waals surface area contributed by atoms with E-state index in [0.29, 0.717) is 37.4 Å². The lowest BCUT2D eigenvalue weighted by Crippen LogP contribution is -2.44. The minimum absolute atomic E-state index is 0.0110. The molecule has 0 amide bonds. The van der Waals surface area contributed by atoms with Crippen molar-refractivity contribution in [3.8, 4) is 0 Å². The van der Waals surface area contributed by atoms with Gasteiger partial charge in [-0.25, -0.2) is 21.9 Å². The lowest BCUT2D eigenvalue weighted by Gasteiger charge is -2.35. The van der Waals surface area contributed by atoms with Crippen LogP contribution in [0.25, 0.3) is 0 Å². The van der Waals surface area contributed by atoms with Crippen molar-refractivity contribution in [2.75, 3.05) is 32.8 Å². The Morgan fingerprint density at radius 3 is 2.52 bits per heavy atom. The predicted octanol–water partition coefficient (Wildman–Crippen LogP) is 2.97. The van der Waals surface area contributed by atoms with Crippen LogP contribution in [0.4, 0.5) is 8.78 Å². The third kappa shape index (κ3) is 4.83. The highest BCUT2D eigenvalue weighted by atomic mass is 35.5. The smallest absolute Gasteiger partial charge is 0.243 e. The maximum atomic E-state index is 13.9. The number of rotatable bonds is 6. The summed E-state index contributed by atoms with van der Waals surface area (Å²) >= 11 is 6.31. The van der Waals surface area contributed by atoms with Crippen molar-refractivity contribution in [1.82, 2.24) is 9.62 Å². The summed E-state index contributed by atoms with van der Waals surface area (Å²) in [5.41, 5.74) is 0.767. The summed E-state index contributed by atoms with van der Waals surface area (Å²) in [6, 6.07) is 9.19. The molecule has 0 aliphatic carbocycles. The Hall–Kier alpha value is -1.58. The largest absolute Gasteiger partial charge is 0.379 e. The highest BCUT2D eigenvalue weighted by Gasteiger charge is 2.27. The van der Waals surface area contributed by atoms with Crippen LogP contribution in [-0.4, -0.2) is 46.2 Å². The molecule has 0 bridgehead atoms. The molecule has 1 aliphatic rings. The maximum absolute atomic E-state index is 13.9. The zero-order valence-electron chi connectivity index (χ0n) is 14.4. The van der Waals surface area contributed by atoms with Crippen LogP contribution in [0.3, 0.4) is 0 Å². The van der Waals surface area contributed by atoms with Crippen LogP contribution in [-0.2, 0) is 14.8 Å². The van der Waals surface area contributed by atoms with Gasteiger partial charge in [0.15, 0.2) is 0 Å².